The van der Waals surface area contributed by atoms with Gasteiger partial charge >= 0.3 is 0 Å². The van der Waals surface area contributed by atoms with E-state index in [1.165, 1.54) is 13.2 Å². The number of aromatic nitrogens is 3. The number of anilines is 1. The molecule has 1 fully saturated rings. The Morgan fingerprint density at radius 2 is 2.11 bits per heavy atom. The Labute approximate surface area is 215 Å². The van der Waals surface area contributed by atoms with E-state index in [1.54, 1.807) is 10.7 Å². The van der Waals surface area contributed by atoms with Crippen LogP contribution in [0.25, 0.3) is 16.6 Å². The maximum atomic E-state index is 15.3. The van der Waals surface area contributed by atoms with Crippen molar-refractivity contribution in [1.82, 2.24) is 19.5 Å². The molecule has 0 aliphatic carbocycles. The second kappa shape index (κ2) is 9.64. The minimum absolute atomic E-state index is 0.00914. The Morgan fingerprint density at radius 1 is 1.32 bits per heavy atom. The summed E-state index contributed by atoms with van der Waals surface area (Å²) in [7, 11) is 1.52. The fraction of sp³-hybridized carbons (Fsp3) is 0.519. The molecule has 3 aromatic rings. The highest BCUT2D eigenvalue weighted by Gasteiger charge is 2.41. The van der Waals surface area contributed by atoms with Crippen molar-refractivity contribution in [2.24, 2.45) is 10.9 Å². The van der Waals surface area contributed by atoms with Crippen molar-refractivity contribution < 1.29 is 18.6 Å². The highest BCUT2D eigenvalue weighted by Crippen LogP contribution is 2.48. The fourth-order valence-electron chi connectivity index (χ4n) is 5.54. The molecular weight excluding hydrogens is 478 g/mol. The first-order valence-electron chi connectivity index (χ1n) is 12.7. The lowest BCUT2D eigenvalue weighted by atomic mass is 9.71. The molecule has 8 nitrogen and oxygen atoms in total. The molecule has 1 unspecified atom stereocenters. The quantitative estimate of drug-likeness (QED) is 0.489. The highest BCUT2D eigenvalue weighted by atomic mass is 19.1. The molecule has 4 heterocycles. The van der Waals surface area contributed by atoms with Crippen LogP contribution in [-0.4, -0.2) is 75.9 Å². The Bertz CT molecular complexity index is 1360. The van der Waals surface area contributed by atoms with Crippen molar-refractivity contribution in [1.29, 1.82) is 0 Å². The third-order valence-corrected chi connectivity index (χ3v) is 8.15. The number of β-amino-alcohol motifs (C(OH)–C–C–N with tert-alkyl or cyclic N) is 1. The van der Waals surface area contributed by atoms with Crippen molar-refractivity contribution in [2.75, 3.05) is 38.7 Å². The number of halogens is 2. The van der Waals surface area contributed by atoms with E-state index >= 15 is 4.39 Å². The lowest BCUT2D eigenvalue weighted by molar-refractivity contribution is 0.107. The Kier molecular flexibility index (Phi) is 6.66. The first kappa shape index (κ1) is 25.5. The van der Waals surface area contributed by atoms with Gasteiger partial charge in [-0.2, -0.15) is 4.98 Å². The Balaban J connectivity index is 1.50. The monoisotopic (exact) mass is 512 g/mol. The van der Waals surface area contributed by atoms with E-state index in [1.807, 2.05) is 24.0 Å². The molecule has 0 bridgehead atoms. The summed E-state index contributed by atoms with van der Waals surface area (Å²) >= 11 is 0. The molecule has 2 N–H and O–H groups in total. The number of likely N-dealkylation sites (tertiary alicyclic amines) is 1. The molecule has 198 valence electrons. The zero-order valence-corrected chi connectivity index (χ0v) is 21.9. The van der Waals surface area contributed by atoms with E-state index in [2.05, 4.69) is 41.2 Å². The molecule has 10 heteroatoms. The van der Waals surface area contributed by atoms with E-state index in [9.17, 15) is 4.39 Å². The van der Waals surface area contributed by atoms with Crippen molar-refractivity contribution in [3.8, 4) is 17.0 Å². The second-order valence-electron chi connectivity index (χ2n) is 10.5. The van der Waals surface area contributed by atoms with Gasteiger partial charge in [0.25, 0.3) is 0 Å². The van der Waals surface area contributed by atoms with Gasteiger partial charge in [-0.05, 0) is 55.5 Å². The average Bonchev–Trinajstić information content (AvgIpc) is 3.40. The summed E-state index contributed by atoms with van der Waals surface area (Å²) in [6, 6.07) is 4.91. The maximum Gasteiger partial charge on any atom is 0.244 e. The standard InChI is InChI=1S/C27H34F2N6O2/c1-15(2)27(4)16(3)30-23-19(27)12-17(13-20(23)28)18-6-9-35-24(18)25(37-5)32-26(33-35)31-22-7-8-34(10-11-36)14-21(22)29/h6,9,12-13,15,21-22,36H,7-8,10-11,14H2,1-5H3,(H,31,33)/t21-,22?,27+/m1/s1. The summed E-state index contributed by atoms with van der Waals surface area (Å²) in [6.45, 7) is 9.69. The molecule has 1 aromatic carbocycles. The lowest BCUT2D eigenvalue weighted by Gasteiger charge is -2.34. The molecule has 0 radical (unpaired) electrons. The predicted octanol–water partition coefficient (Wildman–Crippen LogP) is 4.38. The molecule has 0 spiro atoms. The zero-order valence-electron chi connectivity index (χ0n) is 21.9. The molecule has 2 aliphatic rings. The molecule has 37 heavy (non-hydrogen) atoms. The number of hydrogen-bond acceptors (Lipinski definition) is 7. The summed E-state index contributed by atoms with van der Waals surface area (Å²) in [5, 5.41) is 16.8. The number of rotatable bonds is 7. The van der Waals surface area contributed by atoms with E-state index in [-0.39, 0.29) is 36.3 Å². The summed E-state index contributed by atoms with van der Waals surface area (Å²) < 4.78 is 37.3. The number of hydrogen-bond donors (Lipinski definition) is 2. The number of aliphatic hydroxyl groups excluding tert-OH is 1. The molecule has 1 saturated heterocycles. The van der Waals surface area contributed by atoms with Crippen LogP contribution < -0.4 is 10.1 Å². The third kappa shape index (κ3) is 4.25. The van der Waals surface area contributed by atoms with Crippen molar-refractivity contribution in [3.63, 3.8) is 0 Å². The number of fused-ring (bicyclic) bond motifs is 2. The number of aliphatic imine (C=N–C) groups is 1. The van der Waals surface area contributed by atoms with Crippen LogP contribution >= 0.6 is 0 Å². The van der Waals surface area contributed by atoms with Crippen molar-refractivity contribution >= 4 is 22.9 Å². The third-order valence-electron chi connectivity index (χ3n) is 8.15. The predicted molar refractivity (Wildman–Crippen MR) is 140 cm³/mol. The second-order valence-corrected chi connectivity index (χ2v) is 10.5. The number of methoxy groups -OCH3 is 1. The summed E-state index contributed by atoms with van der Waals surface area (Å²) in [6.07, 6.45) is 1.21. The maximum absolute atomic E-state index is 15.3. The number of aliphatic hydroxyl groups is 1. The Hall–Kier alpha value is -3.11. The van der Waals surface area contributed by atoms with Crippen LogP contribution in [0.15, 0.2) is 29.4 Å². The first-order chi connectivity index (χ1) is 17.7. The fourth-order valence-corrected chi connectivity index (χ4v) is 5.54. The molecule has 5 rings (SSSR count). The zero-order chi connectivity index (χ0) is 26.5. The topological polar surface area (TPSA) is 87.3 Å². The van der Waals surface area contributed by atoms with Gasteiger partial charge in [0.1, 0.15) is 23.2 Å². The van der Waals surface area contributed by atoms with Crippen molar-refractivity contribution in [3.05, 3.63) is 35.8 Å². The van der Waals surface area contributed by atoms with Crippen LogP contribution in [0.2, 0.25) is 0 Å². The van der Waals surface area contributed by atoms with Gasteiger partial charge in [-0.1, -0.05) is 13.8 Å². The number of nitrogens with one attached hydrogen (secondary N) is 1. The number of nitrogens with zero attached hydrogens (tertiary/aromatic N) is 5. The normalized spacial score (nSPS) is 24.0. The van der Waals surface area contributed by atoms with E-state index < -0.39 is 12.2 Å². The number of benzene rings is 1. The van der Waals surface area contributed by atoms with Crippen LogP contribution in [0.4, 0.5) is 20.4 Å². The van der Waals surface area contributed by atoms with Crippen LogP contribution in [0.1, 0.15) is 39.7 Å². The summed E-state index contributed by atoms with van der Waals surface area (Å²) in [5.41, 5.74) is 3.84. The van der Waals surface area contributed by atoms with Gasteiger partial charge in [0.15, 0.2) is 0 Å². The molecule has 0 saturated carbocycles. The van der Waals surface area contributed by atoms with Gasteiger partial charge < -0.3 is 15.2 Å². The smallest absolute Gasteiger partial charge is 0.244 e. The SMILES string of the molecule is COc1nc(NC2CCN(CCO)C[C@H]2F)nn2ccc(-c3cc(F)c4c(c3)[C@@](C)(C(C)C)C(C)=N4)c12. The lowest BCUT2D eigenvalue weighted by Crippen LogP contribution is -2.48. The van der Waals surface area contributed by atoms with Crippen LogP contribution in [0.3, 0.4) is 0 Å². The van der Waals surface area contributed by atoms with Crippen LogP contribution in [0, 0.1) is 11.7 Å². The first-order valence-corrected chi connectivity index (χ1v) is 12.7. The van der Waals surface area contributed by atoms with Crippen molar-refractivity contribution in [2.45, 2.75) is 51.7 Å². The minimum atomic E-state index is -1.12. The van der Waals surface area contributed by atoms with Crippen LogP contribution in [-0.2, 0) is 5.41 Å². The van der Waals surface area contributed by atoms with Gasteiger partial charge in [-0.15, -0.1) is 5.10 Å². The molecule has 2 aliphatic heterocycles. The van der Waals surface area contributed by atoms with Gasteiger partial charge in [0.2, 0.25) is 11.8 Å². The van der Waals surface area contributed by atoms with E-state index in [0.717, 1.165) is 16.8 Å². The summed E-state index contributed by atoms with van der Waals surface area (Å²) in [4.78, 5) is 11.0. The molecular formula is C27H34F2N6O2. The molecule has 0 amide bonds. The highest BCUT2D eigenvalue weighted by molar-refractivity contribution is 6.01. The van der Waals surface area contributed by atoms with Crippen LogP contribution in [0.5, 0.6) is 5.88 Å². The number of piperidine rings is 1. The van der Waals surface area contributed by atoms with E-state index in [4.69, 9.17) is 9.84 Å². The Morgan fingerprint density at radius 3 is 2.78 bits per heavy atom. The van der Waals surface area contributed by atoms with Gasteiger partial charge in [-0.25, -0.2) is 13.3 Å². The minimum Gasteiger partial charge on any atom is -0.479 e. The number of ether oxygens (including phenoxy) is 1. The van der Waals surface area contributed by atoms with Gasteiger partial charge in [-0.3, -0.25) is 9.89 Å². The molecule has 3 atom stereocenters. The van der Waals surface area contributed by atoms with E-state index in [0.29, 0.717) is 42.2 Å². The molecule has 2 aromatic heterocycles. The van der Waals surface area contributed by atoms with Gasteiger partial charge in [0.05, 0.1) is 19.8 Å². The summed E-state index contributed by atoms with van der Waals surface area (Å²) in [5.74, 6) is 0.437. The largest absolute Gasteiger partial charge is 0.479 e. The van der Waals surface area contributed by atoms with Gasteiger partial charge in [0, 0.05) is 42.5 Å². The number of alkyl halides is 1. The average molecular weight is 513 g/mol.